The van der Waals surface area contributed by atoms with E-state index in [4.69, 9.17) is 5.11 Å². The van der Waals surface area contributed by atoms with Crippen LogP contribution < -0.4 is 0 Å². The van der Waals surface area contributed by atoms with Crippen molar-refractivity contribution in [1.82, 2.24) is 0 Å². The third-order valence-corrected chi connectivity index (χ3v) is 4.35. The van der Waals surface area contributed by atoms with Crippen LogP contribution in [-0.4, -0.2) is 22.3 Å². The van der Waals surface area contributed by atoms with Crippen LogP contribution in [0.1, 0.15) is 32.1 Å². The largest absolute Gasteiger partial charge is 0.478 e. The highest BCUT2D eigenvalue weighted by atomic mass is 16.4. The molecule has 4 bridgehead atoms. The average Bonchev–Trinajstić information content (AvgIpc) is 2.25. The van der Waals surface area contributed by atoms with Gasteiger partial charge in [-0.15, -0.1) is 0 Å². The van der Waals surface area contributed by atoms with Gasteiger partial charge < -0.3 is 10.2 Å². The van der Waals surface area contributed by atoms with Crippen LogP contribution in [-0.2, 0) is 4.79 Å². The lowest BCUT2D eigenvalue weighted by Gasteiger charge is -2.52. The molecule has 3 heteroatoms. The minimum Gasteiger partial charge on any atom is -0.478 e. The van der Waals surface area contributed by atoms with Crippen molar-refractivity contribution >= 4 is 5.97 Å². The first-order valence-electron chi connectivity index (χ1n) is 6.13. The van der Waals surface area contributed by atoms with Crippen molar-refractivity contribution in [2.45, 2.75) is 38.2 Å². The second-order valence-corrected chi connectivity index (χ2v) is 5.46. The second-order valence-electron chi connectivity index (χ2n) is 5.46. The van der Waals surface area contributed by atoms with Crippen LogP contribution in [0.3, 0.4) is 0 Å². The van der Waals surface area contributed by atoms with Crippen LogP contribution >= 0.6 is 0 Å². The lowest BCUT2D eigenvalue weighted by molar-refractivity contribution is -0.131. The zero-order valence-electron chi connectivity index (χ0n) is 9.51. The fraction of sp³-hybridized carbons (Fsp3) is 0.769. The average molecular weight is 224 g/mol. The number of aliphatic carboxylic acids is 1. The number of rotatable bonds is 1. The Kier molecular flexibility index (Phi) is 3.33. The number of carboxylic acid groups (broad SMARTS) is 1. The van der Waals surface area contributed by atoms with Gasteiger partial charge in [-0.2, -0.15) is 0 Å². The number of aliphatic hydroxyl groups excluding tert-OH is 1. The van der Waals surface area contributed by atoms with Crippen molar-refractivity contribution < 1.29 is 15.0 Å². The molecule has 4 rings (SSSR count). The summed E-state index contributed by atoms with van der Waals surface area (Å²) in [6.07, 6.45) is 7.77. The van der Waals surface area contributed by atoms with E-state index in [1.165, 1.54) is 32.1 Å². The SMILES string of the molecule is C=CC(=O)O.OC1C2CC3CC(C2)CC1C3. The van der Waals surface area contributed by atoms with Crippen LogP contribution in [0, 0.1) is 23.7 Å². The first-order valence-corrected chi connectivity index (χ1v) is 6.13. The van der Waals surface area contributed by atoms with E-state index >= 15 is 0 Å². The maximum absolute atomic E-state index is 9.83. The molecular formula is C13H20O3. The maximum Gasteiger partial charge on any atom is 0.327 e. The Morgan fingerprint density at radius 1 is 1.06 bits per heavy atom. The van der Waals surface area contributed by atoms with E-state index in [2.05, 4.69) is 6.58 Å². The molecule has 4 aliphatic carbocycles. The van der Waals surface area contributed by atoms with Crippen LogP contribution in [0.25, 0.3) is 0 Å². The summed E-state index contributed by atoms with van der Waals surface area (Å²) in [6.45, 7) is 2.96. The van der Waals surface area contributed by atoms with Gasteiger partial charge in [0, 0.05) is 6.08 Å². The summed E-state index contributed by atoms with van der Waals surface area (Å²) < 4.78 is 0. The molecule has 4 aliphatic rings. The highest BCUT2D eigenvalue weighted by molar-refractivity contribution is 5.78. The first kappa shape index (κ1) is 11.6. The zero-order valence-corrected chi connectivity index (χ0v) is 9.51. The summed E-state index contributed by atoms with van der Waals surface area (Å²) in [6, 6.07) is 0. The highest BCUT2D eigenvalue weighted by Crippen LogP contribution is 2.53. The van der Waals surface area contributed by atoms with E-state index in [1.807, 2.05) is 0 Å². The van der Waals surface area contributed by atoms with Crippen molar-refractivity contribution in [3.05, 3.63) is 12.7 Å². The second kappa shape index (κ2) is 4.58. The summed E-state index contributed by atoms with van der Waals surface area (Å²) in [5, 5.41) is 17.4. The zero-order chi connectivity index (χ0) is 11.7. The van der Waals surface area contributed by atoms with Gasteiger partial charge in [-0.3, -0.25) is 0 Å². The van der Waals surface area contributed by atoms with Crippen LogP contribution in [0.4, 0.5) is 0 Å². The van der Waals surface area contributed by atoms with Gasteiger partial charge in [0.25, 0.3) is 0 Å². The molecule has 0 amide bonds. The lowest BCUT2D eigenvalue weighted by atomic mass is 9.55. The Morgan fingerprint density at radius 3 is 1.75 bits per heavy atom. The molecule has 2 N–H and O–H groups in total. The van der Waals surface area contributed by atoms with E-state index in [9.17, 15) is 9.90 Å². The van der Waals surface area contributed by atoms with Crippen molar-refractivity contribution in [3.63, 3.8) is 0 Å². The Bertz CT molecular complexity index is 257. The van der Waals surface area contributed by atoms with Crippen molar-refractivity contribution in [3.8, 4) is 0 Å². The Morgan fingerprint density at radius 2 is 1.44 bits per heavy atom. The topological polar surface area (TPSA) is 57.5 Å². The molecule has 3 nitrogen and oxygen atoms in total. The molecular weight excluding hydrogens is 204 g/mol. The van der Waals surface area contributed by atoms with Gasteiger partial charge in [0.2, 0.25) is 0 Å². The Balaban J connectivity index is 0.000000168. The van der Waals surface area contributed by atoms with Gasteiger partial charge in [-0.25, -0.2) is 4.79 Å². The van der Waals surface area contributed by atoms with Gasteiger partial charge in [-0.1, -0.05) is 6.58 Å². The van der Waals surface area contributed by atoms with E-state index in [0.29, 0.717) is 11.8 Å². The quantitative estimate of drug-likeness (QED) is 0.670. The third kappa shape index (κ3) is 2.29. The van der Waals surface area contributed by atoms with E-state index in [1.54, 1.807) is 0 Å². The minimum atomic E-state index is -0.981. The minimum absolute atomic E-state index is 0.0859. The van der Waals surface area contributed by atoms with Gasteiger partial charge in [-0.05, 0) is 55.8 Å². The Labute approximate surface area is 96.2 Å². The molecule has 4 saturated carbocycles. The third-order valence-electron chi connectivity index (χ3n) is 4.35. The maximum atomic E-state index is 9.83. The summed E-state index contributed by atoms with van der Waals surface area (Å²) in [5.74, 6) is 2.42. The summed E-state index contributed by atoms with van der Waals surface area (Å²) in [7, 11) is 0. The number of hydrogen-bond acceptors (Lipinski definition) is 2. The predicted molar refractivity (Wildman–Crippen MR) is 60.9 cm³/mol. The van der Waals surface area contributed by atoms with E-state index < -0.39 is 5.97 Å². The monoisotopic (exact) mass is 224 g/mol. The first-order chi connectivity index (χ1) is 7.60. The molecule has 0 aromatic heterocycles. The lowest BCUT2D eigenvalue weighted by Crippen LogP contribution is -2.48. The molecule has 0 aliphatic heterocycles. The molecule has 0 spiro atoms. The molecule has 0 heterocycles. The van der Waals surface area contributed by atoms with Gasteiger partial charge in [0.1, 0.15) is 0 Å². The predicted octanol–water partition coefficient (Wildman–Crippen LogP) is 2.06. The summed E-state index contributed by atoms with van der Waals surface area (Å²) in [5.41, 5.74) is 0. The van der Waals surface area contributed by atoms with Gasteiger partial charge in [0.05, 0.1) is 6.10 Å². The summed E-state index contributed by atoms with van der Waals surface area (Å²) >= 11 is 0. The van der Waals surface area contributed by atoms with Crippen molar-refractivity contribution in [2.24, 2.45) is 23.7 Å². The molecule has 4 fully saturated rings. The van der Waals surface area contributed by atoms with Crippen molar-refractivity contribution in [2.75, 3.05) is 0 Å². The fourth-order valence-corrected chi connectivity index (χ4v) is 3.90. The van der Waals surface area contributed by atoms with Crippen LogP contribution in [0.5, 0.6) is 0 Å². The standard InChI is InChI=1S/C10H16O.C3H4O2/c11-10-8-2-6-1-7(4-8)5-9(10)3-6;1-2-3(4)5/h6-11H,1-5H2;2H,1H2,(H,4,5). The van der Waals surface area contributed by atoms with Crippen LogP contribution in [0.15, 0.2) is 12.7 Å². The van der Waals surface area contributed by atoms with E-state index in [-0.39, 0.29) is 6.10 Å². The molecule has 0 unspecified atom stereocenters. The van der Waals surface area contributed by atoms with Gasteiger partial charge >= 0.3 is 5.97 Å². The highest BCUT2D eigenvalue weighted by Gasteiger charge is 2.47. The molecule has 90 valence electrons. The molecule has 16 heavy (non-hydrogen) atoms. The van der Waals surface area contributed by atoms with Gasteiger partial charge in [0.15, 0.2) is 0 Å². The number of carboxylic acids is 1. The molecule has 0 radical (unpaired) electrons. The summed E-state index contributed by atoms with van der Waals surface area (Å²) in [4.78, 5) is 9.25. The fourth-order valence-electron chi connectivity index (χ4n) is 3.90. The smallest absolute Gasteiger partial charge is 0.327 e. The normalized spacial score (nSPS) is 43.4. The van der Waals surface area contributed by atoms with Crippen LogP contribution in [0.2, 0.25) is 0 Å². The molecule has 0 saturated heterocycles. The number of aliphatic hydroxyl groups is 1. The van der Waals surface area contributed by atoms with Crippen molar-refractivity contribution in [1.29, 1.82) is 0 Å². The molecule has 0 aromatic rings. The number of hydrogen-bond donors (Lipinski definition) is 2. The molecule has 0 aromatic carbocycles. The van der Waals surface area contributed by atoms with E-state index in [0.717, 1.165) is 17.9 Å². The Hall–Kier alpha value is -0.830. The molecule has 0 atom stereocenters. The number of carbonyl (C=O) groups is 1.